The molecule has 0 radical (unpaired) electrons. The molecule has 2 rings (SSSR count). The van der Waals surface area contributed by atoms with Crippen LogP contribution < -0.4 is 0 Å². The quantitative estimate of drug-likeness (QED) is 0.641. The molecule has 2 unspecified atom stereocenters. The summed E-state index contributed by atoms with van der Waals surface area (Å²) in [7, 11) is 0. The molecule has 96 valence electrons. The predicted octanol–water partition coefficient (Wildman–Crippen LogP) is 0.942. The first-order chi connectivity index (χ1) is 7.89. The fourth-order valence-corrected chi connectivity index (χ4v) is 2.59. The van der Waals surface area contributed by atoms with Crippen LogP contribution in [0.1, 0.15) is 20.8 Å². The Balaban J connectivity index is 1.88. The molecule has 0 aromatic heterocycles. The van der Waals surface area contributed by atoms with Crippen LogP contribution in [0, 0.1) is 11.8 Å². The van der Waals surface area contributed by atoms with Crippen molar-refractivity contribution in [3.05, 3.63) is 0 Å². The van der Waals surface area contributed by atoms with Gasteiger partial charge in [0.2, 0.25) is 6.41 Å². The Morgan fingerprint density at radius 3 is 2.12 bits per heavy atom. The molecule has 0 aromatic rings. The average molecular weight is 240 g/mol. The second-order valence-electron chi connectivity index (χ2n) is 5.96. The Bertz CT molecular complexity index is 310. The van der Waals surface area contributed by atoms with Gasteiger partial charge in [0.25, 0.3) is 0 Å². The summed E-state index contributed by atoms with van der Waals surface area (Å²) in [5.41, 5.74) is -0.441. The van der Waals surface area contributed by atoms with Crippen molar-refractivity contribution in [3.63, 3.8) is 0 Å². The first kappa shape index (κ1) is 12.2. The number of nitrogens with zero attached hydrogens (tertiary/aromatic N) is 2. The van der Waals surface area contributed by atoms with E-state index in [1.54, 1.807) is 9.80 Å². The lowest BCUT2D eigenvalue weighted by Crippen LogP contribution is -2.37. The van der Waals surface area contributed by atoms with E-state index in [0.717, 1.165) is 19.5 Å². The fourth-order valence-electron chi connectivity index (χ4n) is 2.59. The second kappa shape index (κ2) is 4.20. The number of likely N-dealkylation sites (tertiary alicyclic amines) is 2. The molecule has 2 aliphatic rings. The van der Waals surface area contributed by atoms with Crippen molar-refractivity contribution < 1.29 is 14.3 Å². The molecule has 5 nitrogen and oxygen atoms in total. The van der Waals surface area contributed by atoms with Gasteiger partial charge in [-0.1, -0.05) is 0 Å². The van der Waals surface area contributed by atoms with Crippen LogP contribution in [0.2, 0.25) is 0 Å². The lowest BCUT2D eigenvalue weighted by Gasteiger charge is -2.25. The standard InChI is InChI=1S/C12H20N2O3/c1-12(2,3)17-11(16)14-6-9-4-13(8-15)5-10(9)7-14/h8-10H,4-7H2,1-3H3. The van der Waals surface area contributed by atoms with Crippen molar-refractivity contribution in [1.82, 2.24) is 9.80 Å². The number of amides is 2. The second-order valence-corrected chi connectivity index (χ2v) is 5.96. The molecule has 2 aliphatic heterocycles. The Hall–Kier alpha value is -1.26. The molecule has 0 spiro atoms. The van der Waals surface area contributed by atoms with E-state index in [4.69, 9.17) is 4.74 Å². The summed E-state index contributed by atoms with van der Waals surface area (Å²) in [5, 5.41) is 0. The Labute approximate surface area is 102 Å². The lowest BCUT2D eigenvalue weighted by molar-refractivity contribution is -0.117. The maximum absolute atomic E-state index is 11.9. The van der Waals surface area contributed by atoms with Crippen LogP contribution in [0.15, 0.2) is 0 Å². The Morgan fingerprint density at radius 2 is 1.71 bits per heavy atom. The van der Waals surface area contributed by atoms with E-state index in [-0.39, 0.29) is 6.09 Å². The third-order valence-electron chi connectivity index (χ3n) is 3.32. The van der Waals surface area contributed by atoms with Gasteiger partial charge in [-0.15, -0.1) is 0 Å². The maximum Gasteiger partial charge on any atom is 0.410 e. The minimum atomic E-state index is -0.441. The van der Waals surface area contributed by atoms with Crippen molar-refractivity contribution in [2.24, 2.45) is 11.8 Å². The molecule has 17 heavy (non-hydrogen) atoms. The minimum Gasteiger partial charge on any atom is -0.444 e. The number of rotatable bonds is 1. The van der Waals surface area contributed by atoms with E-state index in [9.17, 15) is 9.59 Å². The summed E-state index contributed by atoms with van der Waals surface area (Å²) in [6.45, 7) is 8.58. The van der Waals surface area contributed by atoms with Gasteiger partial charge in [0.1, 0.15) is 5.60 Å². The van der Waals surface area contributed by atoms with Crippen molar-refractivity contribution in [3.8, 4) is 0 Å². The molecule has 2 fully saturated rings. The van der Waals surface area contributed by atoms with Gasteiger partial charge in [-0.05, 0) is 20.8 Å². The van der Waals surface area contributed by atoms with Gasteiger partial charge in [-0.2, -0.15) is 0 Å². The molecule has 2 saturated heterocycles. The zero-order valence-corrected chi connectivity index (χ0v) is 10.7. The zero-order chi connectivity index (χ0) is 12.6. The summed E-state index contributed by atoms with van der Waals surface area (Å²) < 4.78 is 5.34. The average Bonchev–Trinajstić information content (AvgIpc) is 2.70. The first-order valence-electron chi connectivity index (χ1n) is 6.06. The van der Waals surface area contributed by atoms with E-state index in [1.165, 1.54) is 0 Å². The van der Waals surface area contributed by atoms with Crippen LogP contribution in [0.3, 0.4) is 0 Å². The normalized spacial score (nSPS) is 28.2. The van der Waals surface area contributed by atoms with Crippen LogP contribution in [-0.4, -0.2) is 54.1 Å². The van der Waals surface area contributed by atoms with Crippen molar-refractivity contribution >= 4 is 12.5 Å². The maximum atomic E-state index is 11.9. The van der Waals surface area contributed by atoms with Gasteiger partial charge in [-0.25, -0.2) is 4.79 Å². The highest BCUT2D eigenvalue weighted by molar-refractivity contribution is 5.68. The van der Waals surface area contributed by atoms with Gasteiger partial charge in [0.05, 0.1) is 0 Å². The Kier molecular flexibility index (Phi) is 3.02. The number of carbonyl (C=O) groups is 2. The van der Waals surface area contributed by atoms with Gasteiger partial charge in [-0.3, -0.25) is 4.79 Å². The zero-order valence-electron chi connectivity index (χ0n) is 10.7. The van der Waals surface area contributed by atoms with Gasteiger partial charge < -0.3 is 14.5 Å². The van der Waals surface area contributed by atoms with Gasteiger partial charge in [0.15, 0.2) is 0 Å². The van der Waals surface area contributed by atoms with E-state index >= 15 is 0 Å². The fraction of sp³-hybridized carbons (Fsp3) is 0.833. The number of hydrogen-bond acceptors (Lipinski definition) is 3. The monoisotopic (exact) mass is 240 g/mol. The number of ether oxygens (including phenoxy) is 1. The van der Waals surface area contributed by atoms with Crippen LogP contribution >= 0.6 is 0 Å². The molecular formula is C12H20N2O3. The molecule has 0 N–H and O–H groups in total. The topological polar surface area (TPSA) is 49.9 Å². The highest BCUT2D eigenvalue weighted by Gasteiger charge is 2.42. The first-order valence-corrected chi connectivity index (χ1v) is 6.06. The molecule has 5 heteroatoms. The van der Waals surface area contributed by atoms with E-state index < -0.39 is 5.60 Å². The summed E-state index contributed by atoms with van der Waals surface area (Å²) >= 11 is 0. The van der Waals surface area contributed by atoms with Crippen LogP contribution in [0.4, 0.5) is 4.79 Å². The number of fused-ring (bicyclic) bond motifs is 1. The van der Waals surface area contributed by atoms with Crippen molar-refractivity contribution in [2.75, 3.05) is 26.2 Å². The molecule has 2 heterocycles. The van der Waals surface area contributed by atoms with Crippen LogP contribution in [0.5, 0.6) is 0 Å². The van der Waals surface area contributed by atoms with Crippen molar-refractivity contribution in [1.29, 1.82) is 0 Å². The number of hydrogen-bond donors (Lipinski definition) is 0. The van der Waals surface area contributed by atoms with Gasteiger partial charge in [0, 0.05) is 38.0 Å². The summed E-state index contributed by atoms with van der Waals surface area (Å²) in [6, 6.07) is 0. The SMILES string of the molecule is CC(C)(C)OC(=O)N1CC2CN(C=O)CC2C1. The predicted molar refractivity (Wildman–Crippen MR) is 62.4 cm³/mol. The minimum absolute atomic E-state index is 0.232. The van der Waals surface area contributed by atoms with E-state index in [0.29, 0.717) is 24.9 Å². The van der Waals surface area contributed by atoms with Crippen LogP contribution in [0.25, 0.3) is 0 Å². The Morgan fingerprint density at radius 1 is 1.18 bits per heavy atom. The molecule has 0 bridgehead atoms. The molecule has 0 aliphatic carbocycles. The van der Waals surface area contributed by atoms with Crippen LogP contribution in [-0.2, 0) is 9.53 Å². The largest absolute Gasteiger partial charge is 0.444 e. The third kappa shape index (κ3) is 2.70. The molecule has 2 atom stereocenters. The molecule has 0 saturated carbocycles. The van der Waals surface area contributed by atoms with E-state index in [2.05, 4.69) is 0 Å². The highest BCUT2D eigenvalue weighted by atomic mass is 16.6. The summed E-state index contributed by atoms with van der Waals surface area (Å²) in [4.78, 5) is 26.1. The molecule has 0 aromatic carbocycles. The summed E-state index contributed by atoms with van der Waals surface area (Å²) in [5.74, 6) is 0.848. The van der Waals surface area contributed by atoms with Gasteiger partial charge >= 0.3 is 6.09 Å². The van der Waals surface area contributed by atoms with Crippen molar-refractivity contribution in [2.45, 2.75) is 26.4 Å². The number of carbonyl (C=O) groups excluding carboxylic acids is 2. The summed E-state index contributed by atoms with van der Waals surface area (Å²) in [6.07, 6.45) is 0.667. The molecular weight excluding hydrogens is 220 g/mol. The third-order valence-corrected chi connectivity index (χ3v) is 3.32. The lowest BCUT2D eigenvalue weighted by atomic mass is 10.0. The molecule has 2 amide bonds. The van der Waals surface area contributed by atoms with E-state index in [1.807, 2.05) is 20.8 Å². The highest BCUT2D eigenvalue weighted by Crippen LogP contribution is 2.31. The smallest absolute Gasteiger partial charge is 0.410 e.